The van der Waals surface area contributed by atoms with Gasteiger partial charge in [-0.15, -0.1) is 0 Å². The second kappa shape index (κ2) is 4.14. The number of fused-ring (bicyclic) bond motifs is 3. The Balaban J connectivity index is 1.61. The van der Waals surface area contributed by atoms with Gasteiger partial charge >= 0.3 is 0 Å². The highest BCUT2D eigenvalue weighted by Gasteiger charge is 2.56. The Morgan fingerprint density at radius 3 is 2.61 bits per heavy atom. The Bertz CT molecular complexity index is 852. The lowest BCUT2D eigenvalue weighted by molar-refractivity contribution is -0.0336. The summed E-state index contributed by atoms with van der Waals surface area (Å²) in [4.78, 5) is 9.96. The van der Waals surface area contributed by atoms with Gasteiger partial charge in [0.15, 0.2) is 5.75 Å². The second-order valence-electron chi connectivity index (χ2n) is 8.02. The van der Waals surface area contributed by atoms with E-state index in [1.807, 2.05) is 12.3 Å². The van der Waals surface area contributed by atoms with Crippen LogP contribution < -0.4 is 15.3 Å². The van der Waals surface area contributed by atoms with Crippen molar-refractivity contribution in [3.8, 4) is 5.75 Å². The average Bonchev–Trinajstić information content (AvgIpc) is 2.59. The maximum absolute atomic E-state index is 5.62. The molecule has 3 nitrogen and oxygen atoms in total. The molecule has 23 heavy (non-hydrogen) atoms. The summed E-state index contributed by atoms with van der Waals surface area (Å²) < 4.78 is 5.62. The number of ether oxygens (including phenoxy) is 1. The topological polar surface area (TPSA) is 34.5 Å². The van der Waals surface area contributed by atoms with Gasteiger partial charge in [-0.1, -0.05) is 6.08 Å². The Hall–Kier alpha value is -1.90. The van der Waals surface area contributed by atoms with E-state index >= 15 is 0 Å². The molecule has 0 unspecified atom stereocenters. The molecule has 0 aromatic carbocycles. The van der Waals surface area contributed by atoms with Gasteiger partial charge in [0, 0.05) is 5.22 Å². The van der Waals surface area contributed by atoms with Crippen molar-refractivity contribution in [2.45, 2.75) is 37.6 Å². The average molecular weight is 304 g/mol. The standard InChI is InChI=1S/C20H20N2O/c1-2-16-18(23-5-1)11-21-17-3-4-20(22-19(16)17)14-7-12-6-13(9-14)10-15(20)8-12/h1-5,11-15H,6-10H2. The normalized spacial score (nSPS) is 41.0. The lowest BCUT2D eigenvalue weighted by Gasteiger charge is -2.59. The van der Waals surface area contributed by atoms with Crippen LogP contribution in [0.3, 0.4) is 0 Å². The van der Waals surface area contributed by atoms with E-state index in [0.29, 0.717) is 0 Å². The zero-order valence-corrected chi connectivity index (χ0v) is 13.1. The van der Waals surface area contributed by atoms with Crippen molar-refractivity contribution in [3.63, 3.8) is 0 Å². The van der Waals surface area contributed by atoms with Crippen molar-refractivity contribution in [1.82, 2.24) is 4.98 Å². The van der Waals surface area contributed by atoms with Crippen molar-refractivity contribution in [2.24, 2.45) is 28.7 Å². The van der Waals surface area contributed by atoms with Crippen molar-refractivity contribution in [3.05, 3.63) is 40.9 Å². The van der Waals surface area contributed by atoms with Gasteiger partial charge in [-0.3, -0.25) is 9.98 Å². The van der Waals surface area contributed by atoms with Crippen LogP contribution >= 0.6 is 0 Å². The third-order valence-electron chi connectivity index (χ3n) is 6.88. The molecule has 7 rings (SSSR count). The van der Waals surface area contributed by atoms with E-state index in [1.165, 1.54) is 32.1 Å². The molecule has 4 fully saturated rings. The molecule has 116 valence electrons. The lowest BCUT2D eigenvalue weighted by atomic mass is 9.48. The van der Waals surface area contributed by atoms with Crippen LogP contribution in [0.4, 0.5) is 0 Å². The molecule has 0 amide bonds. The minimum absolute atomic E-state index is 0.0340. The van der Waals surface area contributed by atoms with Gasteiger partial charge in [0.1, 0.15) is 0 Å². The second-order valence-corrected chi connectivity index (χ2v) is 8.02. The SMILES string of the molecule is C1=COc2cnc3c(c2=C1)=NC1(C=C3)C2CC3CC(C2)CC1C3. The van der Waals surface area contributed by atoms with Crippen LogP contribution in [0, 0.1) is 23.7 Å². The van der Waals surface area contributed by atoms with E-state index < -0.39 is 0 Å². The molecule has 4 aliphatic carbocycles. The number of aromatic nitrogens is 1. The molecule has 0 N–H and O–H groups in total. The Kier molecular flexibility index (Phi) is 2.25. The first-order valence-corrected chi connectivity index (χ1v) is 8.93. The van der Waals surface area contributed by atoms with E-state index in [9.17, 15) is 0 Å². The summed E-state index contributed by atoms with van der Waals surface area (Å²) in [7, 11) is 0. The number of allylic oxidation sites excluding steroid dienone is 1. The minimum atomic E-state index is 0.0340. The first-order chi connectivity index (χ1) is 11.3. The third-order valence-corrected chi connectivity index (χ3v) is 6.88. The van der Waals surface area contributed by atoms with Crippen molar-refractivity contribution < 1.29 is 4.74 Å². The van der Waals surface area contributed by atoms with Gasteiger partial charge in [0.25, 0.3) is 0 Å². The van der Waals surface area contributed by atoms with E-state index in [1.54, 1.807) is 6.26 Å². The number of pyridine rings is 1. The van der Waals surface area contributed by atoms with Crippen molar-refractivity contribution >= 4 is 12.2 Å². The Labute approximate surface area is 135 Å². The predicted octanol–water partition coefficient (Wildman–Crippen LogP) is 2.61. The van der Waals surface area contributed by atoms with Crippen LogP contribution in [-0.2, 0) is 0 Å². The molecule has 3 heterocycles. The van der Waals surface area contributed by atoms with Gasteiger partial charge in [0.2, 0.25) is 0 Å². The molecule has 4 bridgehead atoms. The van der Waals surface area contributed by atoms with Crippen LogP contribution in [-0.4, -0.2) is 10.5 Å². The quantitative estimate of drug-likeness (QED) is 0.738. The zero-order valence-electron chi connectivity index (χ0n) is 13.1. The molecule has 2 aliphatic heterocycles. The van der Waals surface area contributed by atoms with Gasteiger partial charge in [-0.2, -0.15) is 0 Å². The van der Waals surface area contributed by atoms with Crippen LogP contribution in [0.15, 0.2) is 29.6 Å². The first kappa shape index (κ1) is 12.5. The number of rotatable bonds is 0. The van der Waals surface area contributed by atoms with Crippen molar-refractivity contribution in [2.75, 3.05) is 0 Å². The van der Waals surface area contributed by atoms with E-state index in [-0.39, 0.29) is 5.54 Å². The van der Waals surface area contributed by atoms with Crippen LogP contribution in [0.25, 0.3) is 12.2 Å². The van der Waals surface area contributed by atoms with Crippen LogP contribution in [0.2, 0.25) is 0 Å². The molecule has 6 aliphatic rings. The Morgan fingerprint density at radius 2 is 1.83 bits per heavy atom. The van der Waals surface area contributed by atoms with Gasteiger partial charge in [-0.05, 0) is 74.0 Å². The molecule has 0 radical (unpaired) electrons. The fourth-order valence-corrected chi connectivity index (χ4v) is 6.09. The summed E-state index contributed by atoms with van der Waals surface area (Å²) in [5, 5.41) is 2.16. The Morgan fingerprint density at radius 1 is 1.04 bits per heavy atom. The molecule has 4 saturated carbocycles. The smallest absolute Gasteiger partial charge is 0.154 e. The zero-order chi connectivity index (χ0) is 15.0. The highest BCUT2D eigenvalue weighted by atomic mass is 16.5. The maximum atomic E-state index is 5.62. The number of hydrogen-bond acceptors (Lipinski definition) is 3. The molecular weight excluding hydrogens is 284 g/mol. The fraction of sp³-hybridized carbons (Fsp3) is 0.500. The fourth-order valence-electron chi connectivity index (χ4n) is 6.09. The minimum Gasteiger partial charge on any atom is -0.463 e. The first-order valence-electron chi connectivity index (χ1n) is 8.93. The maximum Gasteiger partial charge on any atom is 0.154 e. The summed E-state index contributed by atoms with van der Waals surface area (Å²) in [6, 6.07) is 0. The summed E-state index contributed by atoms with van der Waals surface area (Å²) >= 11 is 0. The summed E-state index contributed by atoms with van der Waals surface area (Å²) in [6.45, 7) is 0. The van der Waals surface area contributed by atoms with Crippen LogP contribution in [0.5, 0.6) is 5.75 Å². The number of nitrogens with zero attached hydrogens (tertiary/aromatic N) is 2. The van der Waals surface area contributed by atoms with E-state index in [0.717, 1.165) is 45.7 Å². The van der Waals surface area contributed by atoms with Gasteiger partial charge in [0.05, 0.1) is 29.0 Å². The highest BCUT2D eigenvalue weighted by Crippen LogP contribution is 2.60. The molecule has 1 spiro atoms. The summed E-state index contributed by atoms with van der Waals surface area (Å²) in [5.74, 6) is 4.24. The molecule has 1 aromatic rings. The summed E-state index contributed by atoms with van der Waals surface area (Å²) in [5.41, 5.74) is 1.03. The molecular formula is C20H20N2O. The molecule has 0 saturated heterocycles. The molecule has 1 aromatic heterocycles. The molecule has 0 atom stereocenters. The largest absolute Gasteiger partial charge is 0.463 e. The van der Waals surface area contributed by atoms with Crippen LogP contribution in [0.1, 0.15) is 37.8 Å². The lowest BCUT2D eigenvalue weighted by Crippen LogP contribution is -2.57. The van der Waals surface area contributed by atoms with E-state index in [4.69, 9.17) is 9.73 Å². The predicted molar refractivity (Wildman–Crippen MR) is 88.1 cm³/mol. The van der Waals surface area contributed by atoms with Gasteiger partial charge in [-0.25, -0.2) is 0 Å². The summed E-state index contributed by atoms with van der Waals surface area (Å²) in [6.07, 6.45) is 19.2. The highest BCUT2D eigenvalue weighted by molar-refractivity contribution is 5.54. The van der Waals surface area contributed by atoms with Crippen molar-refractivity contribution in [1.29, 1.82) is 0 Å². The van der Waals surface area contributed by atoms with Gasteiger partial charge < -0.3 is 4.74 Å². The third kappa shape index (κ3) is 1.55. The van der Waals surface area contributed by atoms with E-state index in [2.05, 4.69) is 23.2 Å². The number of hydrogen-bond donors (Lipinski definition) is 0. The monoisotopic (exact) mass is 304 g/mol. The molecule has 3 heteroatoms.